The number of nitrogens with one attached hydrogen (secondary N) is 1. The minimum atomic E-state index is 0.446. The number of rotatable bonds is 7. The number of methoxy groups -OCH3 is 1. The summed E-state index contributed by atoms with van der Waals surface area (Å²) in [6.07, 6.45) is 6.76. The average molecular weight is 291 g/mol. The zero-order chi connectivity index (χ0) is 15.1. The largest absolute Gasteiger partial charge is 0.493 e. The molecule has 1 saturated carbocycles. The van der Waals surface area contributed by atoms with Crippen molar-refractivity contribution in [2.24, 2.45) is 5.92 Å². The third-order valence-corrected chi connectivity index (χ3v) is 4.42. The highest BCUT2D eigenvalue weighted by Crippen LogP contribution is 2.30. The Kier molecular flexibility index (Phi) is 6.37. The molecule has 3 heteroatoms. The highest BCUT2D eigenvalue weighted by atomic mass is 16.5. The van der Waals surface area contributed by atoms with Gasteiger partial charge in [0.05, 0.1) is 7.11 Å². The van der Waals surface area contributed by atoms with Crippen LogP contribution in [0, 0.1) is 12.8 Å². The van der Waals surface area contributed by atoms with Crippen LogP contribution in [-0.2, 0) is 0 Å². The SMILES string of the molecule is CCNC(COc1ccc(C)cc1OC)C1CCCCC1. The van der Waals surface area contributed by atoms with Crippen molar-refractivity contribution in [1.82, 2.24) is 5.32 Å². The standard InChI is InChI=1S/C18H29NO2/c1-4-19-16(15-8-6-5-7-9-15)13-21-17-11-10-14(2)12-18(17)20-3/h10-12,15-16,19H,4-9,13H2,1-3H3. The van der Waals surface area contributed by atoms with Gasteiger partial charge in [-0.05, 0) is 49.9 Å². The zero-order valence-electron chi connectivity index (χ0n) is 13.7. The fourth-order valence-corrected chi connectivity index (χ4v) is 3.23. The molecule has 1 unspecified atom stereocenters. The van der Waals surface area contributed by atoms with Gasteiger partial charge in [0.25, 0.3) is 0 Å². The van der Waals surface area contributed by atoms with Crippen molar-refractivity contribution in [1.29, 1.82) is 0 Å². The van der Waals surface area contributed by atoms with Crippen LogP contribution >= 0.6 is 0 Å². The van der Waals surface area contributed by atoms with Crippen LogP contribution in [0.5, 0.6) is 11.5 Å². The van der Waals surface area contributed by atoms with Crippen LogP contribution in [-0.4, -0.2) is 26.3 Å². The van der Waals surface area contributed by atoms with Gasteiger partial charge in [-0.1, -0.05) is 32.3 Å². The molecule has 3 nitrogen and oxygen atoms in total. The third kappa shape index (κ3) is 4.63. The molecule has 1 aliphatic carbocycles. The molecule has 1 aromatic carbocycles. The quantitative estimate of drug-likeness (QED) is 0.825. The minimum absolute atomic E-state index is 0.446. The van der Waals surface area contributed by atoms with Gasteiger partial charge in [-0.15, -0.1) is 0 Å². The molecule has 2 rings (SSSR count). The van der Waals surface area contributed by atoms with E-state index in [1.807, 2.05) is 12.1 Å². The monoisotopic (exact) mass is 291 g/mol. The predicted molar refractivity (Wildman–Crippen MR) is 87.3 cm³/mol. The average Bonchev–Trinajstić information content (AvgIpc) is 2.53. The second kappa shape index (κ2) is 8.28. The van der Waals surface area contributed by atoms with E-state index < -0.39 is 0 Å². The van der Waals surface area contributed by atoms with E-state index in [-0.39, 0.29) is 0 Å². The van der Waals surface area contributed by atoms with Crippen LogP contribution in [0.1, 0.15) is 44.6 Å². The summed E-state index contributed by atoms with van der Waals surface area (Å²) in [6, 6.07) is 6.55. The van der Waals surface area contributed by atoms with Crippen molar-refractivity contribution in [3.63, 3.8) is 0 Å². The molecule has 1 N–H and O–H groups in total. The maximum atomic E-state index is 6.06. The summed E-state index contributed by atoms with van der Waals surface area (Å²) in [4.78, 5) is 0. The van der Waals surface area contributed by atoms with E-state index in [4.69, 9.17) is 9.47 Å². The zero-order valence-corrected chi connectivity index (χ0v) is 13.7. The van der Waals surface area contributed by atoms with E-state index in [1.165, 1.54) is 37.7 Å². The molecule has 0 bridgehead atoms. The Morgan fingerprint density at radius 1 is 1.19 bits per heavy atom. The smallest absolute Gasteiger partial charge is 0.161 e. The summed E-state index contributed by atoms with van der Waals surface area (Å²) in [6.45, 7) is 5.95. The Labute approximate surface area is 129 Å². The summed E-state index contributed by atoms with van der Waals surface area (Å²) in [7, 11) is 1.70. The normalized spacial score (nSPS) is 17.5. The number of likely N-dealkylation sites (N-methyl/N-ethyl adjacent to an activating group) is 1. The van der Waals surface area contributed by atoms with E-state index in [0.717, 1.165) is 30.6 Å². The number of hydrogen-bond acceptors (Lipinski definition) is 3. The van der Waals surface area contributed by atoms with Gasteiger partial charge in [-0.25, -0.2) is 0 Å². The van der Waals surface area contributed by atoms with Gasteiger partial charge in [0.15, 0.2) is 11.5 Å². The Morgan fingerprint density at radius 3 is 2.62 bits per heavy atom. The van der Waals surface area contributed by atoms with Crippen molar-refractivity contribution in [2.75, 3.05) is 20.3 Å². The van der Waals surface area contributed by atoms with Gasteiger partial charge in [0.2, 0.25) is 0 Å². The van der Waals surface area contributed by atoms with Gasteiger partial charge in [0, 0.05) is 6.04 Å². The van der Waals surface area contributed by atoms with E-state index in [0.29, 0.717) is 6.04 Å². The first-order chi connectivity index (χ1) is 10.2. The Hall–Kier alpha value is -1.22. The summed E-state index contributed by atoms with van der Waals surface area (Å²) in [5, 5.41) is 3.61. The number of aryl methyl sites for hydroxylation is 1. The Bertz CT molecular complexity index is 427. The van der Waals surface area contributed by atoms with E-state index in [2.05, 4.69) is 25.2 Å². The van der Waals surface area contributed by atoms with Crippen LogP contribution in [0.15, 0.2) is 18.2 Å². The molecule has 1 aromatic rings. The van der Waals surface area contributed by atoms with Crippen LogP contribution in [0.2, 0.25) is 0 Å². The number of ether oxygens (including phenoxy) is 2. The maximum Gasteiger partial charge on any atom is 0.161 e. The second-order valence-electron chi connectivity index (χ2n) is 6.03. The van der Waals surface area contributed by atoms with Gasteiger partial charge in [0.1, 0.15) is 6.61 Å². The van der Waals surface area contributed by atoms with Gasteiger partial charge in [-0.2, -0.15) is 0 Å². The molecule has 0 heterocycles. The summed E-state index contributed by atoms with van der Waals surface area (Å²) >= 11 is 0. The van der Waals surface area contributed by atoms with Crippen LogP contribution in [0.3, 0.4) is 0 Å². The lowest BCUT2D eigenvalue weighted by molar-refractivity contribution is 0.183. The second-order valence-corrected chi connectivity index (χ2v) is 6.03. The molecule has 0 radical (unpaired) electrons. The predicted octanol–water partition coefficient (Wildman–Crippen LogP) is 3.94. The molecule has 0 amide bonds. The van der Waals surface area contributed by atoms with Gasteiger partial charge in [-0.3, -0.25) is 0 Å². The van der Waals surface area contributed by atoms with E-state index in [9.17, 15) is 0 Å². The molecular formula is C18H29NO2. The van der Waals surface area contributed by atoms with Crippen LogP contribution < -0.4 is 14.8 Å². The first kappa shape index (κ1) is 16.2. The molecular weight excluding hydrogens is 262 g/mol. The number of hydrogen-bond donors (Lipinski definition) is 1. The fraction of sp³-hybridized carbons (Fsp3) is 0.667. The Morgan fingerprint density at radius 2 is 1.95 bits per heavy atom. The van der Waals surface area contributed by atoms with Gasteiger partial charge >= 0.3 is 0 Å². The highest BCUT2D eigenvalue weighted by molar-refractivity contribution is 5.42. The maximum absolute atomic E-state index is 6.06. The minimum Gasteiger partial charge on any atom is -0.493 e. The lowest BCUT2D eigenvalue weighted by Crippen LogP contribution is -2.41. The molecule has 21 heavy (non-hydrogen) atoms. The summed E-state index contributed by atoms with van der Waals surface area (Å²) in [5.41, 5.74) is 1.19. The van der Waals surface area contributed by atoms with Crippen molar-refractivity contribution < 1.29 is 9.47 Å². The fourth-order valence-electron chi connectivity index (χ4n) is 3.23. The van der Waals surface area contributed by atoms with Crippen LogP contribution in [0.25, 0.3) is 0 Å². The van der Waals surface area contributed by atoms with Crippen molar-refractivity contribution in [3.05, 3.63) is 23.8 Å². The lowest BCUT2D eigenvalue weighted by Gasteiger charge is -2.31. The molecule has 0 aromatic heterocycles. The first-order valence-electron chi connectivity index (χ1n) is 8.25. The van der Waals surface area contributed by atoms with Crippen molar-refractivity contribution in [3.8, 4) is 11.5 Å². The van der Waals surface area contributed by atoms with E-state index in [1.54, 1.807) is 7.11 Å². The Balaban J connectivity index is 1.97. The van der Waals surface area contributed by atoms with Crippen molar-refractivity contribution in [2.45, 2.75) is 52.0 Å². The molecule has 1 atom stereocenters. The third-order valence-electron chi connectivity index (χ3n) is 4.42. The van der Waals surface area contributed by atoms with Crippen molar-refractivity contribution >= 4 is 0 Å². The molecule has 118 valence electrons. The summed E-state index contributed by atoms with van der Waals surface area (Å²) < 4.78 is 11.5. The molecule has 1 aliphatic rings. The lowest BCUT2D eigenvalue weighted by atomic mass is 9.84. The van der Waals surface area contributed by atoms with Gasteiger partial charge < -0.3 is 14.8 Å². The molecule has 1 fully saturated rings. The topological polar surface area (TPSA) is 30.5 Å². The molecule has 0 saturated heterocycles. The number of benzene rings is 1. The molecule has 0 spiro atoms. The van der Waals surface area contributed by atoms with Crippen LogP contribution in [0.4, 0.5) is 0 Å². The van der Waals surface area contributed by atoms with E-state index >= 15 is 0 Å². The summed E-state index contributed by atoms with van der Waals surface area (Å²) in [5.74, 6) is 2.42. The molecule has 0 aliphatic heterocycles. The first-order valence-corrected chi connectivity index (χ1v) is 8.25. The highest BCUT2D eigenvalue weighted by Gasteiger charge is 2.23.